The topological polar surface area (TPSA) is 36.1 Å². The first kappa shape index (κ1) is 17.4. The van der Waals surface area contributed by atoms with E-state index >= 15 is 0 Å². The van der Waals surface area contributed by atoms with E-state index in [0.29, 0.717) is 5.78 Å². The van der Waals surface area contributed by atoms with Crippen LogP contribution in [0.5, 0.6) is 0 Å². The second-order valence-electron chi connectivity index (χ2n) is 7.05. The molecule has 26 heavy (non-hydrogen) atoms. The molecule has 3 nitrogen and oxygen atoms in total. The first-order chi connectivity index (χ1) is 12.7. The van der Waals surface area contributed by atoms with Gasteiger partial charge in [0.2, 0.25) is 0 Å². The third kappa shape index (κ3) is 3.71. The zero-order valence-electron chi connectivity index (χ0n) is 15.1. The number of ketones is 1. The van der Waals surface area contributed by atoms with Crippen LogP contribution < -0.4 is 0 Å². The number of benzene rings is 2. The van der Waals surface area contributed by atoms with Gasteiger partial charge in [-0.2, -0.15) is 0 Å². The van der Waals surface area contributed by atoms with Crippen LogP contribution in [0.2, 0.25) is 0 Å². The number of carbonyl (C=O) groups excluding carboxylic acids is 1. The summed E-state index contributed by atoms with van der Waals surface area (Å²) in [6.45, 7) is 2.78. The van der Waals surface area contributed by atoms with Crippen LogP contribution in [0.4, 0.5) is 0 Å². The van der Waals surface area contributed by atoms with E-state index in [0.717, 1.165) is 38.0 Å². The van der Waals surface area contributed by atoms with Gasteiger partial charge in [0.05, 0.1) is 0 Å². The van der Waals surface area contributed by atoms with Crippen LogP contribution in [0.25, 0.3) is 10.9 Å². The van der Waals surface area contributed by atoms with E-state index in [4.69, 9.17) is 0 Å². The smallest absolute Gasteiger partial charge is 0.167 e. The number of hydrogen-bond donors (Lipinski definition) is 1. The van der Waals surface area contributed by atoms with Crippen LogP contribution in [0.1, 0.15) is 28.9 Å². The zero-order valence-corrected chi connectivity index (χ0v) is 15.9. The highest BCUT2D eigenvalue weighted by Gasteiger charge is 2.26. The average molecular weight is 365 g/mol. The molecular weight excluding hydrogens is 340 g/mol. The van der Waals surface area contributed by atoms with Crippen molar-refractivity contribution in [2.75, 3.05) is 19.3 Å². The summed E-state index contributed by atoms with van der Waals surface area (Å²) in [7, 11) is 0. The Labute approximate surface area is 158 Å². The largest absolute Gasteiger partial charge is 0.357 e. The Balaban J connectivity index is 1.43. The lowest BCUT2D eigenvalue weighted by Crippen LogP contribution is -2.38. The molecule has 0 spiro atoms. The van der Waals surface area contributed by atoms with Crippen molar-refractivity contribution in [3.63, 3.8) is 0 Å². The Morgan fingerprint density at radius 3 is 2.77 bits per heavy atom. The predicted molar refractivity (Wildman–Crippen MR) is 109 cm³/mol. The fourth-order valence-electron chi connectivity index (χ4n) is 3.86. The molecule has 0 saturated carbocycles. The van der Waals surface area contributed by atoms with Crippen LogP contribution >= 0.6 is 11.8 Å². The molecule has 134 valence electrons. The van der Waals surface area contributed by atoms with E-state index in [1.165, 1.54) is 21.5 Å². The SMILES string of the molecule is CSc1ccc(C(=O)[C@H]2CCCN(Cc3cc4ccccc4[nH]3)C2)cc1. The molecule has 1 fully saturated rings. The maximum Gasteiger partial charge on any atom is 0.167 e. The van der Waals surface area contributed by atoms with E-state index in [2.05, 4.69) is 46.5 Å². The lowest BCUT2D eigenvalue weighted by molar-refractivity contribution is 0.0810. The van der Waals surface area contributed by atoms with Crippen LogP contribution in [0.3, 0.4) is 0 Å². The van der Waals surface area contributed by atoms with Gasteiger partial charge in [-0.3, -0.25) is 9.69 Å². The number of Topliss-reactive ketones (excluding diaryl/α,β-unsaturated/α-hetero) is 1. The van der Waals surface area contributed by atoms with E-state index < -0.39 is 0 Å². The zero-order chi connectivity index (χ0) is 17.9. The van der Waals surface area contributed by atoms with Gasteiger partial charge in [0.15, 0.2) is 5.78 Å². The molecule has 1 aliphatic rings. The quantitative estimate of drug-likeness (QED) is 0.512. The molecule has 0 radical (unpaired) electrons. The molecule has 4 heteroatoms. The maximum absolute atomic E-state index is 12.9. The molecule has 1 N–H and O–H groups in total. The number of rotatable bonds is 5. The monoisotopic (exact) mass is 364 g/mol. The first-order valence-electron chi connectivity index (χ1n) is 9.20. The number of piperidine rings is 1. The number of H-pyrrole nitrogens is 1. The Morgan fingerprint density at radius 2 is 2.00 bits per heavy atom. The summed E-state index contributed by atoms with van der Waals surface area (Å²) in [6, 6.07) is 18.6. The Kier molecular flexibility index (Phi) is 5.14. The highest BCUT2D eigenvalue weighted by Crippen LogP contribution is 2.24. The number of likely N-dealkylation sites (tertiary alicyclic amines) is 1. The Bertz CT molecular complexity index is 867. The van der Waals surface area contributed by atoms with E-state index in [-0.39, 0.29) is 5.92 Å². The van der Waals surface area contributed by atoms with E-state index in [9.17, 15) is 4.79 Å². The molecule has 4 rings (SSSR count). The van der Waals surface area contributed by atoms with Crippen molar-refractivity contribution in [3.05, 3.63) is 65.9 Å². The molecule has 1 saturated heterocycles. The number of aromatic amines is 1. The summed E-state index contributed by atoms with van der Waals surface area (Å²) < 4.78 is 0. The minimum absolute atomic E-state index is 0.105. The number of nitrogens with zero attached hydrogens (tertiary/aromatic N) is 1. The lowest BCUT2D eigenvalue weighted by Gasteiger charge is -2.31. The third-order valence-electron chi connectivity index (χ3n) is 5.23. The summed E-state index contributed by atoms with van der Waals surface area (Å²) in [5.41, 5.74) is 3.25. The van der Waals surface area contributed by atoms with Gasteiger partial charge in [-0.25, -0.2) is 0 Å². The number of aromatic nitrogens is 1. The van der Waals surface area contributed by atoms with Gasteiger partial charge in [0.25, 0.3) is 0 Å². The molecule has 2 aromatic carbocycles. The van der Waals surface area contributed by atoms with Gasteiger partial charge in [-0.15, -0.1) is 11.8 Å². The molecular formula is C22H24N2OS. The van der Waals surface area contributed by atoms with Crippen LogP contribution in [-0.2, 0) is 6.54 Å². The van der Waals surface area contributed by atoms with Crippen LogP contribution in [-0.4, -0.2) is 35.0 Å². The molecule has 1 aromatic heterocycles. The van der Waals surface area contributed by atoms with Gasteiger partial charge >= 0.3 is 0 Å². The summed E-state index contributed by atoms with van der Waals surface area (Å²) in [5, 5.41) is 1.25. The fraction of sp³-hybridized carbons (Fsp3) is 0.318. The first-order valence-corrected chi connectivity index (χ1v) is 10.4. The Morgan fingerprint density at radius 1 is 1.19 bits per heavy atom. The molecule has 0 aliphatic carbocycles. The Hall–Kier alpha value is -2.04. The standard InChI is InChI=1S/C22H24N2OS/c1-26-20-10-8-16(9-11-20)22(25)18-6-4-12-24(14-18)15-19-13-17-5-2-3-7-21(17)23-19/h2-3,5,7-11,13,18,23H,4,6,12,14-15H2,1H3/t18-/m0/s1. The highest BCUT2D eigenvalue weighted by atomic mass is 32.2. The van der Waals surface area contributed by atoms with Gasteiger partial charge in [0, 0.05) is 40.7 Å². The lowest BCUT2D eigenvalue weighted by atomic mass is 9.90. The number of para-hydroxylation sites is 1. The number of hydrogen-bond acceptors (Lipinski definition) is 3. The maximum atomic E-state index is 12.9. The van der Waals surface area contributed by atoms with E-state index in [1.807, 2.05) is 24.3 Å². The number of thioether (sulfide) groups is 1. The third-order valence-corrected chi connectivity index (χ3v) is 5.97. The van der Waals surface area contributed by atoms with Gasteiger partial charge < -0.3 is 4.98 Å². The summed E-state index contributed by atoms with van der Waals surface area (Å²) >= 11 is 1.71. The number of nitrogens with one attached hydrogen (secondary N) is 1. The minimum Gasteiger partial charge on any atom is -0.357 e. The minimum atomic E-state index is 0.105. The molecule has 0 unspecified atom stereocenters. The summed E-state index contributed by atoms with van der Waals surface area (Å²) in [6.07, 6.45) is 4.13. The molecule has 1 aliphatic heterocycles. The second-order valence-corrected chi connectivity index (χ2v) is 7.93. The molecule has 0 bridgehead atoms. The summed E-state index contributed by atoms with van der Waals surface area (Å²) in [5.74, 6) is 0.396. The van der Waals surface area contributed by atoms with Crippen molar-refractivity contribution < 1.29 is 4.79 Å². The molecule has 3 aromatic rings. The predicted octanol–water partition coefficient (Wildman–Crippen LogP) is 4.98. The highest BCUT2D eigenvalue weighted by molar-refractivity contribution is 7.98. The normalized spacial score (nSPS) is 18.3. The molecule has 0 amide bonds. The van der Waals surface area contributed by atoms with Crippen molar-refractivity contribution in [1.82, 2.24) is 9.88 Å². The average Bonchev–Trinajstić information content (AvgIpc) is 3.10. The molecule has 2 heterocycles. The molecule has 1 atom stereocenters. The fourth-order valence-corrected chi connectivity index (χ4v) is 4.27. The van der Waals surface area contributed by atoms with Gasteiger partial charge in [-0.05, 0) is 55.3 Å². The van der Waals surface area contributed by atoms with Crippen molar-refractivity contribution in [1.29, 1.82) is 0 Å². The summed E-state index contributed by atoms with van der Waals surface area (Å²) in [4.78, 5) is 20.0. The van der Waals surface area contributed by atoms with Gasteiger partial charge in [-0.1, -0.05) is 30.3 Å². The van der Waals surface area contributed by atoms with Gasteiger partial charge in [0.1, 0.15) is 0 Å². The number of fused-ring (bicyclic) bond motifs is 1. The van der Waals surface area contributed by atoms with Crippen LogP contribution in [0, 0.1) is 5.92 Å². The number of carbonyl (C=O) groups is 1. The van der Waals surface area contributed by atoms with Crippen molar-refractivity contribution in [3.8, 4) is 0 Å². The van der Waals surface area contributed by atoms with Crippen molar-refractivity contribution in [2.24, 2.45) is 5.92 Å². The van der Waals surface area contributed by atoms with Crippen molar-refractivity contribution in [2.45, 2.75) is 24.3 Å². The van der Waals surface area contributed by atoms with Crippen molar-refractivity contribution >= 4 is 28.4 Å². The second kappa shape index (κ2) is 7.68. The van der Waals surface area contributed by atoms with Crippen LogP contribution in [0.15, 0.2) is 59.5 Å². The van der Waals surface area contributed by atoms with E-state index in [1.54, 1.807) is 11.8 Å².